The first-order valence-corrected chi connectivity index (χ1v) is 9.03. The molecular weight excluding hydrogens is 366 g/mol. The fourth-order valence-electron chi connectivity index (χ4n) is 2.52. The predicted octanol–water partition coefficient (Wildman–Crippen LogP) is 4.13. The molecule has 0 saturated carbocycles. The van der Waals surface area contributed by atoms with E-state index in [0.717, 1.165) is 11.1 Å². The van der Waals surface area contributed by atoms with Gasteiger partial charge in [0.1, 0.15) is 6.61 Å². The molecule has 142 valence electrons. The third-order valence-electron chi connectivity index (χ3n) is 4.20. The zero-order valence-electron chi connectivity index (χ0n) is 15.5. The summed E-state index contributed by atoms with van der Waals surface area (Å²) in [5, 5.41) is 7.85. The molecule has 1 aromatic heterocycles. The van der Waals surface area contributed by atoms with E-state index in [4.69, 9.17) is 25.6 Å². The molecule has 0 spiro atoms. The minimum absolute atomic E-state index is 0.269. The van der Waals surface area contributed by atoms with Crippen LogP contribution in [0, 0.1) is 0 Å². The van der Waals surface area contributed by atoms with E-state index in [1.54, 1.807) is 7.11 Å². The summed E-state index contributed by atoms with van der Waals surface area (Å²) in [5.74, 6) is 2.31. The maximum atomic E-state index is 6.17. The molecule has 0 aliphatic heterocycles. The molecule has 27 heavy (non-hydrogen) atoms. The van der Waals surface area contributed by atoms with Gasteiger partial charge in [0.25, 0.3) is 5.89 Å². The quantitative estimate of drug-likeness (QED) is 0.626. The van der Waals surface area contributed by atoms with Crippen LogP contribution >= 0.6 is 11.6 Å². The highest BCUT2D eigenvalue weighted by Crippen LogP contribution is 2.33. The standard InChI is InChI=1S/C20H22ClN3O3/c1-13(22-2)10-19-23-20(27-24-19)14-8-9-17(18(11-14)25-3)26-12-15-6-4-5-7-16(15)21/h4-9,11,13,22H,10,12H2,1-3H3. The van der Waals surface area contributed by atoms with Gasteiger partial charge in [0.05, 0.1) is 7.11 Å². The van der Waals surface area contributed by atoms with Crippen LogP contribution in [0.15, 0.2) is 47.0 Å². The normalized spacial score (nSPS) is 12.0. The van der Waals surface area contributed by atoms with Crippen molar-refractivity contribution in [3.8, 4) is 23.0 Å². The third kappa shape index (κ3) is 4.78. The van der Waals surface area contributed by atoms with E-state index in [-0.39, 0.29) is 6.04 Å². The molecule has 1 atom stereocenters. The van der Waals surface area contributed by atoms with Crippen molar-refractivity contribution < 1.29 is 14.0 Å². The first kappa shape index (κ1) is 19.2. The maximum Gasteiger partial charge on any atom is 0.258 e. The minimum atomic E-state index is 0.269. The zero-order valence-corrected chi connectivity index (χ0v) is 16.3. The fraction of sp³-hybridized carbons (Fsp3) is 0.300. The topological polar surface area (TPSA) is 69.4 Å². The SMILES string of the molecule is CNC(C)Cc1noc(-c2ccc(OCc3ccccc3Cl)c(OC)c2)n1. The lowest BCUT2D eigenvalue weighted by atomic mass is 10.2. The van der Waals surface area contributed by atoms with Gasteiger partial charge in [-0.3, -0.25) is 0 Å². The average Bonchev–Trinajstić information content (AvgIpc) is 3.15. The highest BCUT2D eigenvalue weighted by molar-refractivity contribution is 6.31. The summed E-state index contributed by atoms with van der Waals surface area (Å²) in [6.45, 7) is 2.41. The molecule has 1 heterocycles. The van der Waals surface area contributed by atoms with Crippen LogP contribution in [0.2, 0.25) is 5.02 Å². The van der Waals surface area contributed by atoms with Crippen molar-refractivity contribution in [3.05, 3.63) is 58.9 Å². The molecule has 0 saturated heterocycles. The van der Waals surface area contributed by atoms with Gasteiger partial charge in [-0.05, 0) is 38.2 Å². The first-order chi connectivity index (χ1) is 13.1. The van der Waals surface area contributed by atoms with Gasteiger partial charge in [-0.25, -0.2) is 0 Å². The summed E-state index contributed by atoms with van der Waals surface area (Å²) in [6, 6.07) is 13.3. The van der Waals surface area contributed by atoms with E-state index in [2.05, 4.69) is 22.4 Å². The Balaban J connectivity index is 1.75. The Kier molecular flexibility index (Phi) is 6.32. The van der Waals surface area contributed by atoms with E-state index >= 15 is 0 Å². The molecule has 6 nitrogen and oxygen atoms in total. The van der Waals surface area contributed by atoms with Crippen LogP contribution in [0.5, 0.6) is 11.5 Å². The Hall–Kier alpha value is -2.57. The number of nitrogens with zero attached hydrogens (tertiary/aromatic N) is 2. The van der Waals surface area contributed by atoms with Gasteiger partial charge in [-0.1, -0.05) is 35.0 Å². The number of likely N-dealkylation sites (N-methyl/N-ethyl adjacent to an activating group) is 1. The lowest BCUT2D eigenvalue weighted by Crippen LogP contribution is -2.24. The van der Waals surface area contributed by atoms with Gasteiger partial charge in [0.15, 0.2) is 17.3 Å². The summed E-state index contributed by atoms with van der Waals surface area (Å²) in [6.07, 6.45) is 0.691. The minimum Gasteiger partial charge on any atom is -0.493 e. The fourth-order valence-corrected chi connectivity index (χ4v) is 2.71. The maximum absolute atomic E-state index is 6.17. The van der Waals surface area contributed by atoms with Gasteiger partial charge in [0, 0.05) is 28.6 Å². The Morgan fingerprint density at radius 3 is 2.74 bits per heavy atom. The number of hydrogen-bond donors (Lipinski definition) is 1. The van der Waals surface area contributed by atoms with Crippen molar-refractivity contribution in [2.24, 2.45) is 0 Å². The molecule has 1 unspecified atom stereocenters. The molecule has 0 aliphatic carbocycles. The molecule has 0 amide bonds. The number of ether oxygens (including phenoxy) is 2. The predicted molar refractivity (Wildman–Crippen MR) is 104 cm³/mol. The van der Waals surface area contributed by atoms with Crippen LogP contribution in [0.4, 0.5) is 0 Å². The van der Waals surface area contributed by atoms with Crippen molar-refractivity contribution in [2.45, 2.75) is 26.0 Å². The Morgan fingerprint density at radius 2 is 2.00 bits per heavy atom. The van der Waals surface area contributed by atoms with Crippen molar-refractivity contribution in [2.75, 3.05) is 14.2 Å². The van der Waals surface area contributed by atoms with Crippen molar-refractivity contribution in [1.82, 2.24) is 15.5 Å². The molecule has 3 aromatic rings. The van der Waals surface area contributed by atoms with Gasteiger partial charge in [-0.15, -0.1) is 0 Å². The van der Waals surface area contributed by atoms with Crippen LogP contribution in [-0.2, 0) is 13.0 Å². The van der Waals surface area contributed by atoms with Crippen LogP contribution in [0.25, 0.3) is 11.5 Å². The van der Waals surface area contributed by atoms with Gasteiger partial charge in [-0.2, -0.15) is 4.98 Å². The lowest BCUT2D eigenvalue weighted by molar-refractivity contribution is 0.284. The van der Waals surface area contributed by atoms with Crippen LogP contribution in [-0.4, -0.2) is 30.3 Å². The summed E-state index contributed by atoms with van der Waals surface area (Å²) in [5.41, 5.74) is 1.68. The highest BCUT2D eigenvalue weighted by atomic mass is 35.5. The Morgan fingerprint density at radius 1 is 1.19 bits per heavy atom. The summed E-state index contributed by atoms with van der Waals surface area (Å²) >= 11 is 6.17. The Bertz CT molecular complexity index is 898. The molecule has 3 rings (SSSR count). The van der Waals surface area contributed by atoms with Crippen LogP contribution in [0.1, 0.15) is 18.3 Å². The van der Waals surface area contributed by atoms with Crippen molar-refractivity contribution in [3.63, 3.8) is 0 Å². The van der Waals surface area contributed by atoms with E-state index in [1.807, 2.05) is 49.5 Å². The van der Waals surface area contributed by atoms with Crippen LogP contribution in [0.3, 0.4) is 0 Å². The monoisotopic (exact) mass is 387 g/mol. The number of halogens is 1. The molecule has 7 heteroatoms. The summed E-state index contributed by atoms with van der Waals surface area (Å²) in [4.78, 5) is 4.45. The molecule has 0 fully saturated rings. The number of aromatic nitrogens is 2. The molecule has 0 bridgehead atoms. The van der Waals surface area contributed by atoms with E-state index in [0.29, 0.717) is 41.3 Å². The summed E-state index contributed by atoms with van der Waals surface area (Å²) < 4.78 is 16.7. The van der Waals surface area contributed by atoms with E-state index in [9.17, 15) is 0 Å². The van der Waals surface area contributed by atoms with E-state index < -0.39 is 0 Å². The second-order valence-corrected chi connectivity index (χ2v) is 6.56. The number of rotatable bonds is 8. The molecule has 0 aliphatic rings. The average molecular weight is 388 g/mol. The molecular formula is C20H22ClN3O3. The van der Waals surface area contributed by atoms with E-state index in [1.165, 1.54) is 0 Å². The van der Waals surface area contributed by atoms with Crippen molar-refractivity contribution >= 4 is 11.6 Å². The number of methoxy groups -OCH3 is 1. The van der Waals surface area contributed by atoms with Gasteiger partial charge in [0.2, 0.25) is 0 Å². The molecule has 1 N–H and O–H groups in total. The van der Waals surface area contributed by atoms with Gasteiger partial charge >= 0.3 is 0 Å². The largest absolute Gasteiger partial charge is 0.493 e. The molecule has 2 aromatic carbocycles. The highest BCUT2D eigenvalue weighted by Gasteiger charge is 2.14. The summed E-state index contributed by atoms with van der Waals surface area (Å²) in [7, 11) is 3.49. The lowest BCUT2D eigenvalue weighted by Gasteiger charge is -2.12. The second kappa shape index (κ2) is 8.88. The van der Waals surface area contributed by atoms with Gasteiger partial charge < -0.3 is 19.3 Å². The van der Waals surface area contributed by atoms with Crippen LogP contribution < -0.4 is 14.8 Å². The third-order valence-corrected chi connectivity index (χ3v) is 4.57. The second-order valence-electron chi connectivity index (χ2n) is 6.16. The zero-order chi connectivity index (χ0) is 19.2. The number of hydrogen-bond acceptors (Lipinski definition) is 6. The number of benzene rings is 2. The smallest absolute Gasteiger partial charge is 0.258 e. The Labute approximate surface area is 163 Å². The number of nitrogens with one attached hydrogen (secondary N) is 1. The van der Waals surface area contributed by atoms with Crippen molar-refractivity contribution in [1.29, 1.82) is 0 Å². The first-order valence-electron chi connectivity index (χ1n) is 8.65. The molecule has 0 radical (unpaired) electrons.